The van der Waals surface area contributed by atoms with Gasteiger partial charge in [-0.1, -0.05) is 30.3 Å². The highest BCUT2D eigenvalue weighted by Crippen LogP contribution is 2.46. The monoisotopic (exact) mass is 325 g/mol. The number of hydrogen-bond acceptors (Lipinski definition) is 3. The van der Waals surface area contributed by atoms with E-state index in [1.807, 2.05) is 30.3 Å². The van der Waals surface area contributed by atoms with Crippen LogP contribution in [0.4, 0.5) is 8.78 Å². The number of carbonyl (C=O) groups excluding carboxylic acids is 1. The lowest BCUT2D eigenvalue weighted by Gasteiger charge is -2.42. The van der Waals surface area contributed by atoms with E-state index >= 15 is 0 Å². The van der Waals surface area contributed by atoms with E-state index < -0.39 is 22.8 Å². The van der Waals surface area contributed by atoms with Crippen molar-refractivity contribution in [2.45, 2.75) is 42.6 Å². The van der Waals surface area contributed by atoms with E-state index in [1.54, 1.807) is 0 Å². The molecule has 4 nitrogen and oxygen atoms in total. The minimum atomic E-state index is -3.77. The van der Waals surface area contributed by atoms with E-state index in [2.05, 4.69) is 0 Å². The Hall–Kier alpha value is -1.53. The van der Waals surface area contributed by atoms with Gasteiger partial charge in [-0.15, -0.1) is 0 Å². The van der Waals surface area contributed by atoms with Gasteiger partial charge < -0.3 is 15.1 Å². The fourth-order valence-corrected chi connectivity index (χ4v) is 3.52. The second-order valence-electron chi connectivity index (χ2n) is 6.74. The first kappa shape index (κ1) is 16.3. The van der Waals surface area contributed by atoms with Gasteiger partial charge in [0.2, 0.25) is 0 Å². The van der Waals surface area contributed by atoms with Crippen LogP contribution in [0.2, 0.25) is 0 Å². The third-order valence-electron chi connectivity index (χ3n) is 5.36. The van der Waals surface area contributed by atoms with E-state index in [0.29, 0.717) is 12.8 Å². The summed E-state index contributed by atoms with van der Waals surface area (Å²) in [5.74, 6) is -5.10. The highest BCUT2D eigenvalue weighted by molar-refractivity contribution is 5.85. The Kier molecular flexibility index (Phi) is 3.92. The maximum absolute atomic E-state index is 14.4. The van der Waals surface area contributed by atoms with Crippen LogP contribution in [0.3, 0.4) is 0 Å². The Labute approximate surface area is 133 Å². The lowest BCUT2D eigenvalue weighted by atomic mass is 9.75. The molecule has 1 saturated carbocycles. The molecule has 1 aliphatic carbocycles. The summed E-state index contributed by atoms with van der Waals surface area (Å²) >= 11 is 0. The standard InChI is InChI=1S/C17H21F2NO3/c18-17(19,16(23)7-4-8-16)14(22)20-10-9-15(11-20,12-21)13-5-2-1-3-6-13/h1-3,5-6,21,23H,4,7-12H2. The van der Waals surface area contributed by atoms with Gasteiger partial charge in [0.1, 0.15) is 5.60 Å². The van der Waals surface area contributed by atoms with Crippen LogP contribution in [0, 0.1) is 0 Å². The van der Waals surface area contributed by atoms with Crippen LogP contribution in [-0.2, 0) is 10.2 Å². The Balaban J connectivity index is 1.80. The van der Waals surface area contributed by atoms with Crippen molar-refractivity contribution < 1.29 is 23.8 Å². The lowest BCUT2D eigenvalue weighted by molar-refractivity contribution is -0.222. The van der Waals surface area contributed by atoms with Gasteiger partial charge >= 0.3 is 5.92 Å². The van der Waals surface area contributed by atoms with Crippen molar-refractivity contribution in [1.82, 2.24) is 4.90 Å². The van der Waals surface area contributed by atoms with E-state index in [1.165, 1.54) is 0 Å². The first-order valence-corrected chi connectivity index (χ1v) is 7.91. The van der Waals surface area contributed by atoms with Crippen LogP contribution in [0.25, 0.3) is 0 Å². The molecular formula is C17H21F2NO3. The quantitative estimate of drug-likeness (QED) is 0.886. The predicted molar refractivity (Wildman–Crippen MR) is 80.2 cm³/mol. The molecule has 1 heterocycles. The zero-order valence-corrected chi connectivity index (χ0v) is 12.8. The molecule has 1 aromatic carbocycles. The average Bonchev–Trinajstić information content (AvgIpc) is 2.98. The van der Waals surface area contributed by atoms with Gasteiger partial charge in [0, 0.05) is 18.5 Å². The number of alkyl halides is 2. The molecule has 1 saturated heterocycles. The molecule has 1 aromatic rings. The summed E-state index contributed by atoms with van der Waals surface area (Å²) < 4.78 is 28.7. The molecular weight excluding hydrogens is 304 g/mol. The minimum absolute atomic E-state index is 0.0397. The van der Waals surface area contributed by atoms with Gasteiger partial charge in [-0.05, 0) is 31.2 Å². The number of benzene rings is 1. The number of aliphatic hydroxyl groups is 2. The van der Waals surface area contributed by atoms with Crippen molar-refractivity contribution >= 4 is 5.91 Å². The Morgan fingerprint density at radius 3 is 2.39 bits per heavy atom. The Bertz CT molecular complexity index is 589. The summed E-state index contributed by atoms with van der Waals surface area (Å²) in [6.07, 6.45) is 0.824. The fourth-order valence-electron chi connectivity index (χ4n) is 3.52. The second kappa shape index (κ2) is 5.53. The number of carbonyl (C=O) groups is 1. The summed E-state index contributed by atoms with van der Waals surface area (Å²) in [6, 6.07) is 9.15. The summed E-state index contributed by atoms with van der Waals surface area (Å²) in [5, 5.41) is 19.7. The minimum Gasteiger partial charge on any atom is -0.395 e. The van der Waals surface area contributed by atoms with Crippen molar-refractivity contribution in [3.05, 3.63) is 35.9 Å². The van der Waals surface area contributed by atoms with Crippen molar-refractivity contribution in [2.24, 2.45) is 0 Å². The normalized spacial score (nSPS) is 26.9. The van der Waals surface area contributed by atoms with Crippen molar-refractivity contribution in [2.75, 3.05) is 19.7 Å². The first-order valence-electron chi connectivity index (χ1n) is 7.91. The molecule has 3 rings (SSSR count). The number of nitrogens with zero attached hydrogens (tertiary/aromatic N) is 1. The number of aliphatic hydroxyl groups excluding tert-OH is 1. The number of hydrogen-bond donors (Lipinski definition) is 2. The van der Waals surface area contributed by atoms with E-state index in [9.17, 15) is 23.8 Å². The highest BCUT2D eigenvalue weighted by Gasteiger charge is 2.63. The lowest BCUT2D eigenvalue weighted by Crippen LogP contribution is -2.61. The fraction of sp³-hybridized carbons (Fsp3) is 0.588. The summed E-state index contributed by atoms with van der Waals surface area (Å²) in [5.41, 5.74) is -2.08. The molecule has 2 N–H and O–H groups in total. The van der Waals surface area contributed by atoms with E-state index in [4.69, 9.17) is 0 Å². The van der Waals surface area contributed by atoms with Gasteiger partial charge in [0.15, 0.2) is 0 Å². The van der Waals surface area contributed by atoms with Gasteiger partial charge in [0.25, 0.3) is 5.91 Å². The molecule has 1 atom stereocenters. The molecule has 6 heteroatoms. The van der Waals surface area contributed by atoms with E-state index in [-0.39, 0.29) is 32.5 Å². The summed E-state index contributed by atoms with van der Waals surface area (Å²) in [4.78, 5) is 13.4. The Morgan fingerprint density at radius 2 is 1.87 bits per heavy atom. The third kappa shape index (κ3) is 2.44. The second-order valence-corrected chi connectivity index (χ2v) is 6.74. The molecule has 1 unspecified atom stereocenters. The average molecular weight is 325 g/mol. The van der Waals surface area contributed by atoms with Crippen LogP contribution in [-0.4, -0.2) is 52.2 Å². The third-order valence-corrected chi connectivity index (χ3v) is 5.36. The molecule has 23 heavy (non-hydrogen) atoms. The number of amides is 1. The molecule has 2 fully saturated rings. The van der Waals surface area contributed by atoms with Gasteiger partial charge in [-0.2, -0.15) is 8.78 Å². The maximum atomic E-state index is 14.4. The highest BCUT2D eigenvalue weighted by atomic mass is 19.3. The number of rotatable bonds is 4. The zero-order valence-electron chi connectivity index (χ0n) is 12.8. The number of likely N-dealkylation sites (tertiary alicyclic amines) is 1. The van der Waals surface area contributed by atoms with Gasteiger partial charge in [0.05, 0.1) is 6.61 Å². The van der Waals surface area contributed by atoms with Crippen LogP contribution < -0.4 is 0 Å². The molecule has 1 amide bonds. The molecule has 0 spiro atoms. The largest absolute Gasteiger partial charge is 0.395 e. The number of halogens is 2. The summed E-state index contributed by atoms with van der Waals surface area (Å²) in [6.45, 7) is -0.0192. The van der Waals surface area contributed by atoms with Gasteiger partial charge in [-0.3, -0.25) is 4.79 Å². The molecule has 0 aromatic heterocycles. The molecule has 0 bridgehead atoms. The molecule has 126 valence electrons. The topological polar surface area (TPSA) is 60.8 Å². The van der Waals surface area contributed by atoms with Crippen LogP contribution in [0.5, 0.6) is 0 Å². The van der Waals surface area contributed by atoms with Crippen LogP contribution in [0.1, 0.15) is 31.2 Å². The van der Waals surface area contributed by atoms with Gasteiger partial charge in [-0.25, -0.2) is 0 Å². The summed E-state index contributed by atoms with van der Waals surface area (Å²) in [7, 11) is 0. The maximum Gasteiger partial charge on any atom is 0.352 e. The Morgan fingerprint density at radius 1 is 1.22 bits per heavy atom. The van der Waals surface area contributed by atoms with Crippen molar-refractivity contribution in [1.29, 1.82) is 0 Å². The van der Waals surface area contributed by atoms with E-state index in [0.717, 1.165) is 10.5 Å². The molecule has 1 aliphatic heterocycles. The predicted octanol–water partition coefficient (Wildman–Crippen LogP) is 1.70. The zero-order chi connectivity index (χ0) is 16.7. The first-order chi connectivity index (χ1) is 10.8. The molecule has 0 radical (unpaired) electrons. The van der Waals surface area contributed by atoms with Crippen LogP contribution >= 0.6 is 0 Å². The van der Waals surface area contributed by atoms with Crippen LogP contribution in [0.15, 0.2) is 30.3 Å². The van der Waals surface area contributed by atoms with Crippen molar-refractivity contribution in [3.8, 4) is 0 Å². The molecule has 2 aliphatic rings. The SMILES string of the molecule is O=C(N1CCC(CO)(c2ccccc2)C1)C(F)(F)C1(O)CCC1. The van der Waals surface area contributed by atoms with Crippen molar-refractivity contribution in [3.63, 3.8) is 0 Å². The smallest absolute Gasteiger partial charge is 0.352 e.